The van der Waals surface area contributed by atoms with Gasteiger partial charge in [0.25, 0.3) is 0 Å². The molecule has 0 amide bonds. The van der Waals surface area contributed by atoms with Crippen molar-refractivity contribution >= 4 is 27.5 Å². The molecular formula is C16H13NO4. The summed E-state index contributed by atoms with van der Waals surface area (Å²) < 4.78 is 5.21. The number of carbonyl (C=O) groups excluding carboxylic acids is 1. The molecule has 5 nitrogen and oxygen atoms in total. The summed E-state index contributed by atoms with van der Waals surface area (Å²) >= 11 is 0. The zero-order valence-corrected chi connectivity index (χ0v) is 11.1. The average Bonchev–Trinajstić information content (AvgIpc) is 2.46. The number of rotatable bonds is 3. The van der Waals surface area contributed by atoms with Gasteiger partial charge in [0, 0.05) is 11.8 Å². The zero-order chi connectivity index (χ0) is 15.0. The predicted molar refractivity (Wildman–Crippen MR) is 79.7 cm³/mol. The standard InChI is InChI=1S/C16H13NO4/c17-6-5-14(19)13-8-12-11-7-10(18)3-1-9(11)2-4-15(12)21-16(13)20/h1-4,7-8,18H,5-6,17H2. The van der Waals surface area contributed by atoms with E-state index in [0.717, 1.165) is 10.8 Å². The molecule has 0 fully saturated rings. The third kappa shape index (κ3) is 2.28. The van der Waals surface area contributed by atoms with Crippen molar-refractivity contribution in [2.24, 2.45) is 5.73 Å². The normalized spacial score (nSPS) is 11.1. The maximum atomic E-state index is 11.9. The molecule has 0 aliphatic carbocycles. The molecule has 1 aromatic heterocycles. The predicted octanol–water partition coefficient (Wildman–Crippen LogP) is 2.18. The lowest BCUT2D eigenvalue weighted by molar-refractivity contribution is 0.0982. The number of phenols is 1. The Labute approximate surface area is 119 Å². The Balaban J connectivity index is 2.36. The van der Waals surface area contributed by atoms with Crippen LogP contribution in [-0.4, -0.2) is 17.4 Å². The summed E-state index contributed by atoms with van der Waals surface area (Å²) in [7, 11) is 0. The van der Waals surface area contributed by atoms with E-state index in [1.807, 2.05) is 0 Å². The summed E-state index contributed by atoms with van der Waals surface area (Å²) in [5, 5.41) is 11.8. The Bertz CT molecular complexity index is 911. The fraction of sp³-hybridized carbons (Fsp3) is 0.125. The van der Waals surface area contributed by atoms with E-state index in [0.29, 0.717) is 11.0 Å². The molecule has 0 atom stereocenters. The second kappa shape index (κ2) is 5.03. The average molecular weight is 283 g/mol. The molecule has 3 N–H and O–H groups in total. The van der Waals surface area contributed by atoms with Gasteiger partial charge in [-0.15, -0.1) is 0 Å². The summed E-state index contributed by atoms with van der Waals surface area (Å²) in [6, 6.07) is 9.90. The van der Waals surface area contributed by atoms with Gasteiger partial charge >= 0.3 is 5.63 Å². The highest BCUT2D eigenvalue weighted by molar-refractivity contribution is 6.08. The molecule has 0 saturated heterocycles. The Morgan fingerprint density at radius 2 is 1.90 bits per heavy atom. The molecule has 0 aliphatic heterocycles. The largest absolute Gasteiger partial charge is 0.508 e. The third-order valence-electron chi connectivity index (χ3n) is 3.39. The van der Waals surface area contributed by atoms with Gasteiger partial charge in [0.2, 0.25) is 0 Å². The van der Waals surface area contributed by atoms with Gasteiger partial charge < -0.3 is 15.3 Å². The van der Waals surface area contributed by atoms with Crippen molar-refractivity contribution in [3.8, 4) is 5.75 Å². The molecule has 0 saturated carbocycles. The first-order valence-electron chi connectivity index (χ1n) is 6.53. The van der Waals surface area contributed by atoms with E-state index >= 15 is 0 Å². The number of fused-ring (bicyclic) bond motifs is 3. The van der Waals surface area contributed by atoms with E-state index in [9.17, 15) is 14.7 Å². The quantitative estimate of drug-likeness (QED) is 0.436. The highest BCUT2D eigenvalue weighted by atomic mass is 16.4. The van der Waals surface area contributed by atoms with Gasteiger partial charge in [-0.1, -0.05) is 12.1 Å². The lowest BCUT2D eigenvalue weighted by atomic mass is 10.0. The first kappa shape index (κ1) is 13.3. The minimum absolute atomic E-state index is 0.0104. The SMILES string of the molecule is NCCC(=O)c1cc2c(ccc3ccc(O)cc32)oc1=O. The fourth-order valence-corrected chi connectivity index (χ4v) is 2.37. The van der Waals surface area contributed by atoms with Crippen LogP contribution >= 0.6 is 0 Å². The minimum atomic E-state index is -0.666. The van der Waals surface area contributed by atoms with Gasteiger partial charge in [-0.05, 0) is 41.6 Å². The summed E-state index contributed by atoms with van der Waals surface area (Å²) in [5.74, 6) is -0.235. The number of hydrogen-bond donors (Lipinski definition) is 2. The summed E-state index contributed by atoms with van der Waals surface area (Å²) in [4.78, 5) is 23.8. The molecule has 1 heterocycles. The number of benzene rings is 2. The van der Waals surface area contributed by atoms with E-state index in [1.165, 1.54) is 6.07 Å². The second-order valence-corrected chi connectivity index (χ2v) is 4.79. The molecule has 0 bridgehead atoms. The Morgan fingerprint density at radius 1 is 1.14 bits per heavy atom. The lowest BCUT2D eigenvalue weighted by Crippen LogP contribution is -2.16. The van der Waals surface area contributed by atoms with Gasteiger partial charge in [-0.3, -0.25) is 4.79 Å². The van der Waals surface area contributed by atoms with Crippen LogP contribution in [0.1, 0.15) is 16.8 Å². The van der Waals surface area contributed by atoms with Crippen LogP contribution in [0, 0.1) is 0 Å². The van der Waals surface area contributed by atoms with Crippen LogP contribution in [0.2, 0.25) is 0 Å². The molecule has 5 heteroatoms. The Morgan fingerprint density at radius 3 is 2.67 bits per heavy atom. The molecule has 0 unspecified atom stereocenters. The van der Waals surface area contributed by atoms with Crippen LogP contribution in [0.5, 0.6) is 5.75 Å². The maximum Gasteiger partial charge on any atom is 0.347 e. The molecule has 3 aromatic rings. The van der Waals surface area contributed by atoms with Crippen LogP contribution in [0.3, 0.4) is 0 Å². The van der Waals surface area contributed by atoms with Crippen molar-refractivity contribution in [1.82, 2.24) is 0 Å². The van der Waals surface area contributed by atoms with Crippen LogP contribution in [0.4, 0.5) is 0 Å². The topological polar surface area (TPSA) is 93.5 Å². The monoisotopic (exact) mass is 283 g/mol. The van der Waals surface area contributed by atoms with E-state index in [-0.39, 0.29) is 30.1 Å². The van der Waals surface area contributed by atoms with Crippen molar-refractivity contribution in [3.05, 3.63) is 52.4 Å². The minimum Gasteiger partial charge on any atom is -0.508 e. The first-order valence-corrected chi connectivity index (χ1v) is 6.53. The van der Waals surface area contributed by atoms with E-state index in [1.54, 1.807) is 30.3 Å². The smallest absolute Gasteiger partial charge is 0.347 e. The first-order chi connectivity index (χ1) is 10.1. The summed E-state index contributed by atoms with van der Waals surface area (Å²) in [6.07, 6.45) is 0.0896. The third-order valence-corrected chi connectivity index (χ3v) is 3.39. The van der Waals surface area contributed by atoms with Crippen molar-refractivity contribution < 1.29 is 14.3 Å². The van der Waals surface area contributed by atoms with Gasteiger partial charge in [-0.2, -0.15) is 0 Å². The molecule has 0 spiro atoms. The van der Waals surface area contributed by atoms with Gasteiger partial charge in [0.1, 0.15) is 16.9 Å². The molecule has 2 aromatic carbocycles. The van der Waals surface area contributed by atoms with Crippen LogP contribution < -0.4 is 11.4 Å². The van der Waals surface area contributed by atoms with Crippen molar-refractivity contribution in [1.29, 1.82) is 0 Å². The molecule has 3 rings (SSSR count). The van der Waals surface area contributed by atoms with E-state index in [4.69, 9.17) is 10.2 Å². The molecule has 0 aliphatic rings. The number of nitrogens with two attached hydrogens (primary N) is 1. The second-order valence-electron chi connectivity index (χ2n) is 4.79. The fourth-order valence-electron chi connectivity index (χ4n) is 2.37. The van der Waals surface area contributed by atoms with E-state index in [2.05, 4.69) is 0 Å². The summed E-state index contributed by atoms with van der Waals surface area (Å²) in [5.41, 5.74) is 5.05. The van der Waals surface area contributed by atoms with Gasteiger partial charge in [-0.25, -0.2) is 4.79 Å². The molecule has 21 heavy (non-hydrogen) atoms. The highest BCUT2D eigenvalue weighted by Gasteiger charge is 2.14. The molecule has 0 radical (unpaired) electrons. The summed E-state index contributed by atoms with van der Waals surface area (Å²) in [6.45, 7) is 0.173. The van der Waals surface area contributed by atoms with Gasteiger partial charge in [0.05, 0.1) is 0 Å². The Hall–Kier alpha value is -2.66. The highest BCUT2D eigenvalue weighted by Crippen LogP contribution is 2.28. The van der Waals surface area contributed by atoms with Crippen LogP contribution in [-0.2, 0) is 0 Å². The number of ketones is 1. The van der Waals surface area contributed by atoms with Gasteiger partial charge in [0.15, 0.2) is 5.78 Å². The zero-order valence-electron chi connectivity index (χ0n) is 11.1. The van der Waals surface area contributed by atoms with E-state index < -0.39 is 5.63 Å². The van der Waals surface area contributed by atoms with Crippen LogP contribution in [0.25, 0.3) is 21.7 Å². The number of phenolic OH excluding ortho intramolecular Hbond substituents is 1. The van der Waals surface area contributed by atoms with Crippen molar-refractivity contribution in [3.63, 3.8) is 0 Å². The number of hydrogen-bond acceptors (Lipinski definition) is 5. The lowest BCUT2D eigenvalue weighted by Gasteiger charge is -2.05. The van der Waals surface area contributed by atoms with Crippen molar-refractivity contribution in [2.75, 3.05) is 6.54 Å². The number of carbonyl (C=O) groups is 1. The number of Topliss-reactive ketones (excluding diaryl/α,β-unsaturated/α-hetero) is 1. The number of aromatic hydroxyl groups is 1. The molecular weight excluding hydrogens is 270 g/mol. The van der Waals surface area contributed by atoms with Crippen molar-refractivity contribution in [2.45, 2.75) is 6.42 Å². The maximum absolute atomic E-state index is 11.9. The molecule has 106 valence electrons. The Kier molecular flexibility index (Phi) is 3.19. The van der Waals surface area contributed by atoms with Crippen LogP contribution in [0.15, 0.2) is 45.6 Å².